The van der Waals surface area contributed by atoms with Crippen molar-refractivity contribution in [2.24, 2.45) is 11.8 Å². The number of methoxy groups -OCH3 is 1. The van der Waals surface area contributed by atoms with Crippen molar-refractivity contribution in [2.75, 3.05) is 7.11 Å². The first-order valence-electron chi connectivity index (χ1n) is 6.53. The number of aliphatic carboxylic acids is 1. The van der Waals surface area contributed by atoms with Crippen molar-refractivity contribution in [2.45, 2.75) is 32.1 Å². The Labute approximate surface area is 108 Å². The number of carboxylic acids is 1. The topological polar surface area (TPSA) is 46.5 Å². The van der Waals surface area contributed by atoms with Gasteiger partial charge < -0.3 is 9.84 Å². The lowest BCUT2D eigenvalue weighted by molar-refractivity contribution is -0.138. The SMILES string of the molecule is COc1ccc(CC2CCCC2CC(=O)O)cc1. The van der Waals surface area contributed by atoms with E-state index < -0.39 is 5.97 Å². The predicted molar refractivity (Wildman–Crippen MR) is 69.8 cm³/mol. The molecule has 2 atom stereocenters. The van der Waals surface area contributed by atoms with Gasteiger partial charge in [0.25, 0.3) is 0 Å². The van der Waals surface area contributed by atoms with Crippen LogP contribution in [0, 0.1) is 11.8 Å². The molecule has 1 aromatic carbocycles. The molecule has 1 N–H and O–H groups in total. The lowest BCUT2D eigenvalue weighted by atomic mass is 9.87. The van der Waals surface area contributed by atoms with Crippen LogP contribution in [0.4, 0.5) is 0 Å². The zero-order valence-corrected chi connectivity index (χ0v) is 10.8. The summed E-state index contributed by atoms with van der Waals surface area (Å²) in [6, 6.07) is 8.09. The monoisotopic (exact) mass is 248 g/mol. The van der Waals surface area contributed by atoms with Crippen LogP contribution >= 0.6 is 0 Å². The molecule has 1 fully saturated rings. The fourth-order valence-corrected chi connectivity index (χ4v) is 2.94. The van der Waals surface area contributed by atoms with Crippen LogP contribution in [0.1, 0.15) is 31.2 Å². The van der Waals surface area contributed by atoms with E-state index in [2.05, 4.69) is 12.1 Å². The second-order valence-corrected chi connectivity index (χ2v) is 5.10. The number of benzene rings is 1. The fraction of sp³-hybridized carbons (Fsp3) is 0.533. The van der Waals surface area contributed by atoms with Gasteiger partial charge in [0.15, 0.2) is 0 Å². The van der Waals surface area contributed by atoms with Gasteiger partial charge in [-0.2, -0.15) is 0 Å². The minimum absolute atomic E-state index is 0.320. The zero-order valence-electron chi connectivity index (χ0n) is 10.8. The maximum atomic E-state index is 10.8. The molecule has 2 unspecified atom stereocenters. The highest BCUT2D eigenvalue weighted by atomic mass is 16.5. The van der Waals surface area contributed by atoms with Crippen molar-refractivity contribution in [3.63, 3.8) is 0 Å². The third kappa shape index (κ3) is 3.25. The van der Waals surface area contributed by atoms with Crippen LogP contribution in [0.25, 0.3) is 0 Å². The number of hydrogen-bond donors (Lipinski definition) is 1. The van der Waals surface area contributed by atoms with Crippen LogP contribution in [0.2, 0.25) is 0 Å². The summed E-state index contributed by atoms with van der Waals surface area (Å²) in [5.41, 5.74) is 1.28. The number of carbonyl (C=O) groups is 1. The molecule has 0 aromatic heterocycles. The Balaban J connectivity index is 1.96. The van der Waals surface area contributed by atoms with Crippen molar-refractivity contribution >= 4 is 5.97 Å². The van der Waals surface area contributed by atoms with E-state index in [0.29, 0.717) is 18.3 Å². The summed E-state index contributed by atoms with van der Waals surface area (Å²) in [6.45, 7) is 0. The number of carboxylic acid groups (broad SMARTS) is 1. The van der Waals surface area contributed by atoms with Gasteiger partial charge in [0, 0.05) is 6.42 Å². The van der Waals surface area contributed by atoms with Gasteiger partial charge in [-0.3, -0.25) is 4.79 Å². The van der Waals surface area contributed by atoms with E-state index in [9.17, 15) is 4.79 Å². The first kappa shape index (κ1) is 12.9. The largest absolute Gasteiger partial charge is 0.497 e. The normalized spacial score (nSPS) is 22.9. The highest BCUT2D eigenvalue weighted by Gasteiger charge is 2.28. The van der Waals surface area contributed by atoms with Crippen molar-refractivity contribution in [1.82, 2.24) is 0 Å². The molecule has 3 heteroatoms. The molecule has 1 saturated carbocycles. The van der Waals surface area contributed by atoms with E-state index in [1.165, 1.54) is 12.0 Å². The summed E-state index contributed by atoms with van der Waals surface area (Å²) >= 11 is 0. The molecule has 98 valence electrons. The van der Waals surface area contributed by atoms with Crippen LogP contribution < -0.4 is 4.74 Å². The van der Waals surface area contributed by atoms with Gasteiger partial charge >= 0.3 is 5.97 Å². The van der Waals surface area contributed by atoms with Crippen LogP contribution in [0.15, 0.2) is 24.3 Å². The molecule has 18 heavy (non-hydrogen) atoms. The minimum atomic E-state index is -0.665. The molecule has 2 rings (SSSR count). The average molecular weight is 248 g/mol. The molecule has 0 radical (unpaired) electrons. The molecule has 0 bridgehead atoms. The van der Waals surface area contributed by atoms with Gasteiger partial charge in [-0.05, 0) is 48.8 Å². The lowest BCUT2D eigenvalue weighted by Gasteiger charge is -2.18. The smallest absolute Gasteiger partial charge is 0.303 e. The van der Waals surface area contributed by atoms with Gasteiger partial charge in [-0.25, -0.2) is 0 Å². The van der Waals surface area contributed by atoms with Gasteiger partial charge in [-0.15, -0.1) is 0 Å². The van der Waals surface area contributed by atoms with Crippen LogP contribution in [-0.4, -0.2) is 18.2 Å². The maximum absolute atomic E-state index is 10.8. The first-order chi connectivity index (χ1) is 8.69. The summed E-state index contributed by atoms with van der Waals surface area (Å²) in [6.07, 6.45) is 4.69. The van der Waals surface area contributed by atoms with Gasteiger partial charge in [-0.1, -0.05) is 18.6 Å². The van der Waals surface area contributed by atoms with Gasteiger partial charge in [0.1, 0.15) is 5.75 Å². The second-order valence-electron chi connectivity index (χ2n) is 5.10. The zero-order chi connectivity index (χ0) is 13.0. The fourth-order valence-electron chi connectivity index (χ4n) is 2.94. The Morgan fingerprint density at radius 1 is 1.28 bits per heavy atom. The van der Waals surface area contributed by atoms with Crippen molar-refractivity contribution in [3.05, 3.63) is 29.8 Å². The van der Waals surface area contributed by atoms with E-state index in [0.717, 1.165) is 25.0 Å². The molecule has 1 aliphatic rings. The van der Waals surface area contributed by atoms with Crippen LogP contribution in [0.5, 0.6) is 5.75 Å². The Hall–Kier alpha value is -1.51. The Morgan fingerprint density at radius 3 is 2.56 bits per heavy atom. The van der Waals surface area contributed by atoms with E-state index in [4.69, 9.17) is 9.84 Å². The molecular weight excluding hydrogens is 228 g/mol. The maximum Gasteiger partial charge on any atom is 0.303 e. The molecule has 0 saturated heterocycles. The van der Waals surface area contributed by atoms with Crippen LogP contribution in [-0.2, 0) is 11.2 Å². The third-order valence-corrected chi connectivity index (χ3v) is 3.91. The second kappa shape index (κ2) is 5.89. The highest BCUT2D eigenvalue weighted by Crippen LogP contribution is 2.36. The molecule has 0 aliphatic heterocycles. The van der Waals surface area contributed by atoms with Gasteiger partial charge in [0.05, 0.1) is 7.11 Å². The Bertz CT molecular complexity index is 397. The number of ether oxygens (including phenoxy) is 1. The minimum Gasteiger partial charge on any atom is -0.497 e. The number of hydrogen-bond acceptors (Lipinski definition) is 2. The molecule has 3 nitrogen and oxygen atoms in total. The van der Waals surface area contributed by atoms with E-state index in [-0.39, 0.29) is 0 Å². The van der Waals surface area contributed by atoms with Crippen molar-refractivity contribution in [3.8, 4) is 5.75 Å². The third-order valence-electron chi connectivity index (χ3n) is 3.91. The lowest BCUT2D eigenvalue weighted by Crippen LogP contribution is -2.15. The predicted octanol–water partition coefficient (Wildman–Crippen LogP) is 3.13. The van der Waals surface area contributed by atoms with E-state index in [1.54, 1.807) is 7.11 Å². The summed E-state index contributed by atoms with van der Waals surface area (Å²) in [7, 11) is 1.66. The summed E-state index contributed by atoms with van der Waals surface area (Å²) in [5.74, 6) is 1.08. The summed E-state index contributed by atoms with van der Waals surface area (Å²) in [4.78, 5) is 10.8. The molecule has 1 aliphatic carbocycles. The molecular formula is C15H20O3. The van der Waals surface area contributed by atoms with Crippen molar-refractivity contribution in [1.29, 1.82) is 0 Å². The average Bonchev–Trinajstić information content (AvgIpc) is 2.77. The summed E-state index contributed by atoms with van der Waals surface area (Å²) < 4.78 is 5.14. The molecule has 1 aromatic rings. The number of rotatable bonds is 5. The molecule has 0 heterocycles. The molecule has 0 amide bonds. The first-order valence-corrected chi connectivity index (χ1v) is 6.53. The van der Waals surface area contributed by atoms with Gasteiger partial charge in [0.2, 0.25) is 0 Å². The Kier molecular flexibility index (Phi) is 4.24. The standard InChI is InChI=1S/C15H20O3/c1-18-14-7-5-11(6-8-14)9-12-3-2-4-13(12)10-15(16)17/h5-8,12-13H,2-4,9-10H2,1H3,(H,16,17). The highest BCUT2D eigenvalue weighted by molar-refractivity contribution is 5.67. The van der Waals surface area contributed by atoms with Crippen LogP contribution in [0.3, 0.4) is 0 Å². The van der Waals surface area contributed by atoms with E-state index in [1.807, 2.05) is 12.1 Å². The van der Waals surface area contributed by atoms with E-state index >= 15 is 0 Å². The summed E-state index contributed by atoms with van der Waals surface area (Å²) in [5, 5.41) is 8.91. The van der Waals surface area contributed by atoms with Crippen molar-refractivity contribution < 1.29 is 14.6 Å². The Morgan fingerprint density at radius 2 is 1.94 bits per heavy atom. The molecule has 0 spiro atoms. The quantitative estimate of drug-likeness (QED) is 0.870.